The van der Waals surface area contributed by atoms with Crippen LogP contribution in [0.15, 0.2) is 9.59 Å². The summed E-state index contributed by atoms with van der Waals surface area (Å²) in [6.45, 7) is 0. The summed E-state index contributed by atoms with van der Waals surface area (Å²) in [5.41, 5.74) is -2.69. The van der Waals surface area contributed by atoms with Crippen molar-refractivity contribution in [2.24, 2.45) is 14.1 Å². The van der Waals surface area contributed by atoms with Crippen molar-refractivity contribution in [3.63, 3.8) is 0 Å². The summed E-state index contributed by atoms with van der Waals surface area (Å²) in [6.07, 6.45) is 0.154. The van der Waals surface area contributed by atoms with Gasteiger partial charge in [0.1, 0.15) is 0 Å². The number of carbonyl (C=O) groups excluding carboxylic acids is 1. The largest absolute Gasteiger partial charge is 0.374 e. The van der Waals surface area contributed by atoms with Crippen LogP contribution in [0.5, 0.6) is 0 Å². The van der Waals surface area contributed by atoms with E-state index >= 15 is 0 Å². The Hall–Kier alpha value is -2.45. The first-order valence-electron chi connectivity index (χ1n) is 4.06. The van der Waals surface area contributed by atoms with Crippen LogP contribution >= 0.6 is 0 Å². The summed E-state index contributed by atoms with van der Waals surface area (Å²) in [5.74, 6) is -0.437. The number of nitrogens with one attached hydrogen (secondary N) is 1. The highest BCUT2D eigenvalue weighted by Gasteiger charge is 2.25. The van der Waals surface area contributed by atoms with Gasteiger partial charge in [-0.15, -0.1) is 0 Å². The van der Waals surface area contributed by atoms with Gasteiger partial charge in [-0.1, -0.05) is 0 Å². The van der Waals surface area contributed by atoms with Gasteiger partial charge < -0.3 is 5.32 Å². The summed E-state index contributed by atoms with van der Waals surface area (Å²) >= 11 is 0. The van der Waals surface area contributed by atoms with Crippen molar-refractivity contribution >= 4 is 17.9 Å². The van der Waals surface area contributed by atoms with Crippen LogP contribution in [-0.4, -0.2) is 20.5 Å². The second-order valence-corrected chi connectivity index (χ2v) is 2.92. The zero-order chi connectivity index (χ0) is 12.5. The number of hydrogen-bond acceptors (Lipinski definition) is 5. The third-order valence-electron chi connectivity index (χ3n) is 2.02. The second kappa shape index (κ2) is 3.96. The lowest BCUT2D eigenvalue weighted by Gasteiger charge is -2.07. The molecular weight excluding hydrogens is 220 g/mol. The fraction of sp³-hybridized carbons (Fsp3) is 0.286. The number of nitrogens with zero attached hydrogens (tertiary/aromatic N) is 3. The monoisotopic (exact) mass is 228 g/mol. The fourth-order valence-corrected chi connectivity index (χ4v) is 1.21. The average molecular weight is 228 g/mol. The van der Waals surface area contributed by atoms with Crippen LogP contribution in [-0.2, 0) is 18.9 Å². The topological polar surface area (TPSA) is 116 Å². The molecule has 0 saturated carbocycles. The highest BCUT2D eigenvalue weighted by molar-refractivity contribution is 5.74. The molecule has 0 radical (unpaired) electrons. The molecule has 0 spiro atoms. The molecule has 0 bridgehead atoms. The Morgan fingerprint density at radius 1 is 1.31 bits per heavy atom. The van der Waals surface area contributed by atoms with Crippen LogP contribution in [0.1, 0.15) is 0 Å². The van der Waals surface area contributed by atoms with Gasteiger partial charge in [0, 0.05) is 14.1 Å². The van der Waals surface area contributed by atoms with Crippen LogP contribution in [0, 0.1) is 10.1 Å². The molecule has 0 saturated heterocycles. The molecule has 1 heterocycles. The number of hydrogen-bond donors (Lipinski definition) is 1. The van der Waals surface area contributed by atoms with Gasteiger partial charge in [0.05, 0.1) is 4.92 Å². The molecule has 9 nitrogen and oxygen atoms in total. The Kier molecular flexibility index (Phi) is 2.88. The Morgan fingerprint density at radius 2 is 1.88 bits per heavy atom. The Labute approximate surface area is 88.1 Å². The number of rotatable bonds is 3. The van der Waals surface area contributed by atoms with Gasteiger partial charge in [0.2, 0.25) is 12.2 Å². The summed E-state index contributed by atoms with van der Waals surface area (Å²) in [4.78, 5) is 42.8. The van der Waals surface area contributed by atoms with Crippen LogP contribution in [0.25, 0.3) is 0 Å². The maximum atomic E-state index is 11.4. The van der Waals surface area contributed by atoms with Gasteiger partial charge in [-0.2, -0.15) is 0 Å². The summed E-state index contributed by atoms with van der Waals surface area (Å²) in [6, 6.07) is 0. The van der Waals surface area contributed by atoms with Crippen molar-refractivity contribution in [1.82, 2.24) is 9.13 Å². The molecular formula is C7H8N4O5. The summed E-state index contributed by atoms with van der Waals surface area (Å²) < 4.78 is 1.40. The predicted octanol–water partition coefficient (Wildman–Crippen LogP) is -1.44. The van der Waals surface area contributed by atoms with E-state index in [9.17, 15) is 24.5 Å². The van der Waals surface area contributed by atoms with E-state index in [1.807, 2.05) is 5.32 Å². The number of anilines is 1. The molecule has 0 aliphatic carbocycles. The lowest BCUT2D eigenvalue weighted by atomic mass is 10.4. The van der Waals surface area contributed by atoms with Gasteiger partial charge in [0.15, 0.2) is 0 Å². The van der Waals surface area contributed by atoms with Gasteiger partial charge in [0.25, 0.3) is 0 Å². The second-order valence-electron chi connectivity index (χ2n) is 2.92. The van der Waals surface area contributed by atoms with Crippen LogP contribution < -0.4 is 16.6 Å². The van der Waals surface area contributed by atoms with Crippen molar-refractivity contribution in [2.45, 2.75) is 0 Å². The van der Waals surface area contributed by atoms with Gasteiger partial charge >= 0.3 is 16.9 Å². The van der Waals surface area contributed by atoms with E-state index in [1.54, 1.807) is 0 Å². The lowest BCUT2D eigenvalue weighted by Crippen LogP contribution is -2.39. The SMILES string of the molecule is Cn1c(NC=O)c([N+](=O)[O-])c(=O)n(C)c1=O. The van der Waals surface area contributed by atoms with Crippen LogP contribution in [0.2, 0.25) is 0 Å². The van der Waals surface area contributed by atoms with E-state index in [2.05, 4.69) is 0 Å². The smallest absolute Gasteiger partial charge is 0.309 e. The molecule has 0 aliphatic heterocycles. The molecule has 1 amide bonds. The molecule has 86 valence electrons. The minimum absolute atomic E-state index is 0.154. The van der Waals surface area contributed by atoms with Gasteiger partial charge in [-0.3, -0.25) is 28.8 Å². The number of nitro groups is 1. The molecule has 1 aromatic rings. The predicted molar refractivity (Wildman–Crippen MR) is 53.3 cm³/mol. The zero-order valence-electron chi connectivity index (χ0n) is 8.46. The van der Waals surface area contributed by atoms with Gasteiger partial charge in [-0.05, 0) is 0 Å². The molecule has 0 aliphatic rings. The highest BCUT2D eigenvalue weighted by atomic mass is 16.6. The maximum Gasteiger partial charge on any atom is 0.374 e. The van der Waals surface area contributed by atoms with E-state index in [4.69, 9.17) is 0 Å². The molecule has 1 aromatic heterocycles. The quantitative estimate of drug-likeness (QED) is 0.386. The number of carbonyl (C=O) groups is 1. The van der Waals surface area contributed by atoms with Crippen molar-refractivity contribution < 1.29 is 9.72 Å². The molecule has 0 unspecified atom stereocenters. The molecule has 0 fully saturated rings. The van der Waals surface area contributed by atoms with Crippen LogP contribution in [0.4, 0.5) is 11.5 Å². The summed E-state index contributed by atoms with van der Waals surface area (Å²) in [7, 11) is 2.32. The molecule has 1 rings (SSSR count). The van der Waals surface area contributed by atoms with E-state index in [-0.39, 0.29) is 6.41 Å². The first kappa shape index (κ1) is 11.6. The average Bonchev–Trinajstić information content (AvgIpc) is 2.23. The minimum atomic E-state index is -1.07. The zero-order valence-corrected chi connectivity index (χ0v) is 8.46. The third-order valence-corrected chi connectivity index (χ3v) is 2.02. The van der Waals surface area contributed by atoms with E-state index in [0.29, 0.717) is 4.57 Å². The van der Waals surface area contributed by atoms with Crippen molar-refractivity contribution in [2.75, 3.05) is 5.32 Å². The number of aromatic nitrogens is 2. The molecule has 1 N–H and O–H groups in total. The molecule has 0 atom stereocenters. The fourth-order valence-electron chi connectivity index (χ4n) is 1.21. The normalized spacial score (nSPS) is 9.88. The molecule has 9 heteroatoms. The van der Waals surface area contributed by atoms with E-state index < -0.39 is 27.7 Å². The van der Waals surface area contributed by atoms with E-state index in [1.165, 1.54) is 7.05 Å². The lowest BCUT2D eigenvalue weighted by molar-refractivity contribution is -0.386. The van der Waals surface area contributed by atoms with Crippen molar-refractivity contribution in [3.05, 3.63) is 31.0 Å². The van der Waals surface area contributed by atoms with E-state index in [0.717, 1.165) is 11.6 Å². The highest BCUT2D eigenvalue weighted by Crippen LogP contribution is 2.15. The maximum absolute atomic E-state index is 11.4. The standard InChI is InChI=1S/C7H8N4O5/c1-9-5(8-3-12)4(11(15)16)6(13)10(2)7(9)14/h3H,1-2H3,(H,8,12). The van der Waals surface area contributed by atoms with Crippen molar-refractivity contribution in [1.29, 1.82) is 0 Å². The molecule has 0 aromatic carbocycles. The van der Waals surface area contributed by atoms with Gasteiger partial charge in [-0.25, -0.2) is 4.79 Å². The minimum Gasteiger partial charge on any atom is -0.309 e. The molecule has 16 heavy (non-hydrogen) atoms. The van der Waals surface area contributed by atoms with Crippen LogP contribution in [0.3, 0.4) is 0 Å². The third kappa shape index (κ3) is 1.58. The summed E-state index contributed by atoms with van der Waals surface area (Å²) in [5, 5.41) is 12.6. The van der Waals surface area contributed by atoms with Crippen molar-refractivity contribution in [3.8, 4) is 0 Å². The first-order valence-corrected chi connectivity index (χ1v) is 4.06. The first-order chi connectivity index (χ1) is 7.41. The Bertz CT molecular complexity index is 569. The Balaban J connectivity index is 3.83. The number of amides is 1. The Morgan fingerprint density at radius 3 is 2.31 bits per heavy atom.